The molecule has 0 spiro atoms. The molecule has 2 aliphatic rings. The minimum atomic E-state index is 0.680. The van der Waals surface area contributed by atoms with Crippen LogP contribution in [0.4, 0.5) is 0 Å². The molecule has 1 N–H and O–H groups in total. The van der Waals surface area contributed by atoms with Crippen molar-refractivity contribution in [1.82, 2.24) is 10.2 Å². The average Bonchev–Trinajstić information content (AvgIpc) is 2.55. The van der Waals surface area contributed by atoms with Crippen LogP contribution in [0.3, 0.4) is 0 Å². The zero-order chi connectivity index (χ0) is 14.9. The quantitative estimate of drug-likeness (QED) is 0.696. The smallest absolute Gasteiger partial charge is 0.00982 e. The lowest BCUT2D eigenvalue weighted by Crippen LogP contribution is -2.47. The first-order chi connectivity index (χ1) is 10.3. The van der Waals surface area contributed by atoms with Crippen LogP contribution in [-0.2, 0) is 0 Å². The van der Waals surface area contributed by atoms with E-state index in [1.807, 2.05) is 0 Å². The highest BCUT2D eigenvalue weighted by atomic mass is 15.2. The van der Waals surface area contributed by atoms with E-state index in [2.05, 4.69) is 24.1 Å². The summed E-state index contributed by atoms with van der Waals surface area (Å²) in [6, 6.07) is 2.49. The second-order valence-corrected chi connectivity index (χ2v) is 7.47. The molecule has 1 unspecified atom stereocenters. The maximum absolute atomic E-state index is 3.67. The van der Waals surface area contributed by atoms with Crippen molar-refractivity contribution >= 4 is 0 Å². The first-order valence-electron chi connectivity index (χ1n) is 9.80. The Morgan fingerprint density at radius 2 is 1.43 bits per heavy atom. The predicted molar refractivity (Wildman–Crippen MR) is 92.8 cm³/mol. The second kappa shape index (κ2) is 9.84. The summed E-state index contributed by atoms with van der Waals surface area (Å²) in [5.74, 6) is 0. The van der Waals surface area contributed by atoms with E-state index in [0.717, 1.165) is 12.1 Å². The van der Waals surface area contributed by atoms with Gasteiger partial charge in [0.1, 0.15) is 0 Å². The van der Waals surface area contributed by atoms with Gasteiger partial charge in [-0.3, -0.25) is 4.90 Å². The Balaban J connectivity index is 1.84. The summed E-state index contributed by atoms with van der Waals surface area (Å²) in [7, 11) is 0. The molecule has 0 radical (unpaired) electrons. The molecular weight excluding hydrogens is 256 g/mol. The van der Waals surface area contributed by atoms with Crippen molar-refractivity contribution < 1.29 is 0 Å². The second-order valence-electron chi connectivity index (χ2n) is 7.47. The lowest BCUT2D eigenvalue weighted by atomic mass is 9.88. The van der Waals surface area contributed by atoms with Crippen molar-refractivity contribution in [3.8, 4) is 0 Å². The molecule has 0 aromatic heterocycles. The molecular formula is C19H38N2. The average molecular weight is 295 g/mol. The van der Waals surface area contributed by atoms with E-state index in [4.69, 9.17) is 0 Å². The molecule has 2 rings (SSSR count). The third-order valence-electron chi connectivity index (χ3n) is 5.65. The van der Waals surface area contributed by atoms with Gasteiger partial charge in [0.15, 0.2) is 0 Å². The molecule has 0 aromatic rings. The molecule has 0 heterocycles. The summed E-state index contributed by atoms with van der Waals surface area (Å²) >= 11 is 0. The Morgan fingerprint density at radius 3 is 1.90 bits per heavy atom. The Labute approximate surface area is 133 Å². The maximum Gasteiger partial charge on any atom is 0.00982 e. The molecule has 0 bridgehead atoms. The van der Waals surface area contributed by atoms with Gasteiger partial charge in [0, 0.05) is 24.7 Å². The highest BCUT2D eigenvalue weighted by molar-refractivity contribution is 4.84. The van der Waals surface area contributed by atoms with Crippen LogP contribution in [0.15, 0.2) is 0 Å². The lowest BCUT2D eigenvalue weighted by molar-refractivity contribution is 0.0769. The SMILES string of the molecule is CCCNC(C)CCN(C1CCCCC1)C1CCCCC1. The monoisotopic (exact) mass is 294 g/mol. The van der Waals surface area contributed by atoms with Crippen LogP contribution in [0.25, 0.3) is 0 Å². The normalized spacial score (nSPS) is 23.6. The number of hydrogen-bond donors (Lipinski definition) is 1. The molecule has 0 aliphatic heterocycles. The molecule has 2 nitrogen and oxygen atoms in total. The van der Waals surface area contributed by atoms with E-state index in [-0.39, 0.29) is 0 Å². The van der Waals surface area contributed by atoms with Gasteiger partial charge in [-0.05, 0) is 52.0 Å². The van der Waals surface area contributed by atoms with Crippen LogP contribution < -0.4 is 5.32 Å². The minimum Gasteiger partial charge on any atom is -0.314 e. The summed E-state index contributed by atoms with van der Waals surface area (Å²) in [5.41, 5.74) is 0. The first kappa shape index (κ1) is 17.3. The van der Waals surface area contributed by atoms with Crippen molar-refractivity contribution in [3.05, 3.63) is 0 Å². The molecule has 1 atom stereocenters. The molecule has 0 amide bonds. The van der Waals surface area contributed by atoms with E-state index in [1.165, 1.54) is 90.1 Å². The third-order valence-corrected chi connectivity index (χ3v) is 5.65. The largest absolute Gasteiger partial charge is 0.314 e. The van der Waals surface area contributed by atoms with E-state index < -0.39 is 0 Å². The van der Waals surface area contributed by atoms with Crippen molar-refractivity contribution in [2.75, 3.05) is 13.1 Å². The van der Waals surface area contributed by atoms with Crippen LogP contribution in [0, 0.1) is 0 Å². The molecule has 0 aromatic carbocycles. The van der Waals surface area contributed by atoms with Crippen molar-refractivity contribution in [2.45, 2.75) is 109 Å². The van der Waals surface area contributed by atoms with Gasteiger partial charge in [-0.15, -0.1) is 0 Å². The number of nitrogens with one attached hydrogen (secondary N) is 1. The summed E-state index contributed by atoms with van der Waals surface area (Å²) in [4.78, 5) is 2.95. The molecule has 21 heavy (non-hydrogen) atoms. The van der Waals surface area contributed by atoms with Gasteiger partial charge in [0.25, 0.3) is 0 Å². The Bertz CT molecular complexity index is 236. The fourth-order valence-electron chi connectivity index (χ4n) is 4.32. The van der Waals surface area contributed by atoms with Crippen LogP contribution in [0.1, 0.15) is 90.9 Å². The molecule has 2 aliphatic carbocycles. The highest BCUT2D eigenvalue weighted by Gasteiger charge is 2.28. The van der Waals surface area contributed by atoms with Crippen LogP contribution >= 0.6 is 0 Å². The zero-order valence-corrected chi connectivity index (χ0v) is 14.6. The summed E-state index contributed by atoms with van der Waals surface area (Å²) in [6.07, 6.45) is 17.3. The van der Waals surface area contributed by atoms with E-state index >= 15 is 0 Å². The first-order valence-corrected chi connectivity index (χ1v) is 9.80. The lowest BCUT2D eigenvalue weighted by Gasteiger charge is -2.42. The van der Waals surface area contributed by atoms with Crippen molar-refractivity contribution in [3.63, 3.8) is 0 Å². The Kier molecular flexibility index (Phi) is 8.10. The summed E-state index contributed by atoms with van der Waals surface area (Å²) in [5, 5.41) is 3.67. The topological polar surface area (TPSA) is 15.3 Å². The van der Waals surface area contributed by atoms with Gasteiger partial charge in [-0.1, -0.05) is 45.4 Å². The maximum atomic E-state index is 3.67. The van der Waals surface area contributed by atoms with E-state index in [0.29, 0.717) is 6.04 Å². The van der Waals surface area contributed by atoms with Crippen LogP contribution in [-0.4, -0.2) is 36.1 Å². The number of nitrogens with zero attached hydrogens (tertiary/aromatic N) is 1. The van der Waals surface area contributed by atoms with Gasteiger partial charge in [-0.25, -0.2) is 0 Å². The molecule has 2 fully saturated rings. The molecule has 2 heteroatoms. The standard InChI is InChI=1S/C19H38N2/c1-3-15-20-17(2)14-16-21(18-10-6-4-7-11-18)19-12-8-5-9-13-19/h17-20H,3-16H2,1-2H3. The third kappa shape index (κ3) is 5.90. The molecule has 2 saturated carbocycles. The minimum absolute atomic E-state index is 0.680. The predicted octanol–water partition coefficient (Wildman–Crippen LogP) is 4.73. The van der Waals surface area contributed by atoms with Gasteiger partial charge < -0.3 is 5.32 Å². The van der Waals surface area contributed by atoms with Gasteiger partial charge in [0.05, 0.1) is 0 Å². The summed E-state index contributed by atoms with van der Waals surface area (Å²) in [6.45, 7) is 7.13. The fourth-order valence-corrected chi connectivity index (χ4v) is 4.32. The van der Waals surface area contributed by atoms with Gasteiger partial charge in [0.2, 0.25) is 0 Å². The van der Waals surface area contributed by atoms with Crippen molar-refractivity contribution in [1.29, 1.82) is 0 Å². The van der Waals surface area contributed by atoms with E-state index in [1.54, 1.807) is 0 Å². The number of hydrogen-bond acceptors (Lipinski definition) is 2. The summed E-state index contributed by atoms with van der Waals surface area (Å²) < 4.78 is 0. The van der Waals surface area contributed by atoms with E-state index in [9.17, 15) is 0 Å². The number of rotatable bonds is 8. The fraction of sp³-hybridized carbons (Fsp3) is 1.00. The van der Waals surface area contributed by atoms with Gasteiger partial charge in [-0.2, -0.15) is 0 Å². The molecule has 0 saturated heterocycles. The Morgan fingerprint density at radius 1 is 0.905 bits per heavy atom. The van der Waals surface area contributed by atoms with Crippen molar-refractivity contribution in [2.24, 2.45) is 0 Å². The van der Waals surface area contributed by atoms with Crippen LogP contribution in [0.5, 0.6) is 0 Å². The Hall–Kier alpha value is -0.0800. The van der Waals surface area contributed by atoms with Gasteiger partial charge >= 0.3 is 0 Å². The molecule has 124 valence electrons. The highest BCUT2D eigenvalue weighted by Crippen LogP contribution is 2.30. The zero-order valence-electron chi connectivity index (χ0n) is 14.6. The van der Waals surface area contributed by atoms with Crippen LogP contribution in [0.2, 0.25) is 0 Å².